The van der Waals surface area contributed by atoms with Gasteiger partial charge in [0.25, 0.3) is 11.8 Å². The van der Waals surface area contributed by atoms with Crippen molar-refractivity contribution in [1.82, 2.24) is 20.1 Å². The Labute approximate surface area is 114 Å². The van der Waals surface area contributed by atoms with Crippen LogP contribution in [0.2, 0.25) is 0 Å². The van der Waals surface area contributed by atoms with Gasteiger partial charge in [-0.3, -0.25) is 19.6 Å². The molecule has 1 aromatic heterocycles. The lowest BCUT2D eigenvalue weighted by molar-refractivity contribution is 0.0655. The SMILES string of the molecule is O=C1c2ccccc2C(=O)N1CCc1n[nH]c(CO)n1. The Morgan fingerprint density at radius 2 is 1.80 bits per heavy atom. The molecule has 0 saturated carbocycles. The molecule has 2 heterocycles. The van der Waals surface area contributed by atoms with Crippen molar-refractivity contribution >= 4 is 11.8 Å². The van der Waals surface area contributed by atoms with Crippen molar-refractivity contribution in [2.24, 2.45) is 0 Å². The molecular formula is C13H12N4O3. The summed E-state index contributed by atoms with van der Waals surface area (Å²) in [5, 5.41) is 15.4. The second kappa shape index (κ2) is 4.86. The number of hydrogen-bond acceptors (Lipinski definition) is 5. The van der Waals surface area contributed by atoms with Crippen LogP contribution in [0.5, 0.6) is 0 Å². The summed E-state index contributed by atoms with van der Waals surface area (Å²) >= 11 is 0. The molecule has 1 aliphatic rings. The Morgan fingerprint density at radius 1 is 1.15 bits per heavy atom. The number of imide groups is 1. The van der Waals surface area contributed by atoms with Crippen LogP contribution in [0.3, 0.4) is 0 Å². The zero-order chi connectivity index (χ0) is 14.1. The zero-order valence-electron chi connectivity index (χ0n) is 10.5. The van der Waals surface area contributed by atoms with E-state index in [1.807, 2.05) is 0 Å². The first kappa shape index (κ1) is 12.5. The Bertz CT molecular complexity index is 645. The molecule has 0 radical (unpaired) electrons. The van der Waals surface area contributed by atoms with E-state index in [0.29, 0.717) is 29.2 Å². The first-order valence-electron chi connectivity index (χ1n) is 6.17. The van der Waals surface area contributed by atoms with E-state index >= 15 is 0 Å². The average Bonchev–Trinajstić information content (AvgIpc) is 3.03. The fourth-order valence-electron chi connectivity index (χ4n) is 2.17. The number of aliphatic hydroxyl groups excluding tert-OH is 1. The van der Waals surface area contributed by atoms with Crippen molar-refractivity contribution in [3.8, 4) is 0 Å². The van der Waals surface area contributed by atoms with Crippen LogP contribution in [0.4, 0.5) is 0 Å². The van der Waals surface area contributed by atoms with E-state index in [1.54, 1.807) is 24.3 Å². The van der Waals surface area contributed by atoms with Gasteiger partial charge < -0.3 is 5.11 Å². The fourth-order valence-corrected chi connectivity index (χ4v) is 2.17. The number of nitrogens with zero attached hydrogens (tertiary/aromatic N) is 3. The van der Waals surface area contributed by atoms with E-state index in [9.17, 15) is 9.59 Å². The van der Waals surface area contributed by atoms with Crippen LogP contribution >= 0.6 is 0 Å². The fraction of sp³-hybridized carbons (Fsp3) is 0.231. The van der Waals surface area contributed by atoms with Gasteiger partial charge in [-0.05, 0) is 12.1 Å². The number of amides is 2. The summed E-state index contributed by atoms with van der Waals surface area (Å²) in [4.78, 5) is 29.4. The molecule has 2 amide bonds. The quantitative estimate of drug-likeness (QED) is 0.771. The van der Waals surface area contributed by atoms with Crippen molar-refractivity contribution < 1.29 is 14.7 Å². The summed E-state index contributed by atoms with van der Waals surface area (Å²) in [5.74, 6) is 0.250. The van der Waals surface area contributed by atoms with Crippen molar-refractivity contribution in [3.05, 3.63) is 47.0 Å². The Balaban J connectivity index is 1.73. The van der Waals surface area contributed by atoms with E-state index in [0.717, 1.165) is 0 Å². The van der Waals surface area contributed by atoms with Gasteiger partial charge in [0.15, 0.2) is 5.82 Å². The summed E-state index contributed by atoms with van der Waals surface area (Å²) in [5.41, 5.74) is 0.868. The topological polar surface area (TPSA) is 99.2 Å². The first-order valence-corrected chi connectivity index (χ1v) is 6.17. The summed E-state index contributed by atoms with van der Waals surface area (Å²) in [6.07, 6.45) is 0.349. The number of hydrogen-bond donors (Lipinski definition) is 2. The number of aliphatic hydroxyl groups is 1. The van der Waals surface area contributed by atoms with Crippen LogP contribution in [0, 0.1) is 0 Å². The predicted molar refractivity (Wildman–Crippen MR) is 67.8 cm³/mol. The van der Waals surface area contributed by atoms with Crippen molar-refractivity contribution in [1.29, 1.82) is 0 Å². The van der Waals surface area contributed by atoms with Gasteiger partial charge in [0.05, 0.1) is 11.1 Å². The maximum atomic E-state index is 12.1. The number of carbonyl (C=O) groups excluding carboxylic acids is 2. The molecule has 102 valence electrons. The van der Waals surface area contributed by atoms with E-state index in [4.69, 9.17) is 5.11 Å². The molecule has 2 N–H and O–H groups in total. The monoisotopic (exact) mass is 272 g/mol. The lowest BCUT2D eigenvalue weighted by atomic mass is 10.1. The zero-order valence-corrected chi connectivity index (χ0v) is 10.5. The molecule has 1 aromatic carbocycles. The highest BCUT2D eigenvalue weighted by molar-refractivity contribution is 6.21. The highest BCUT2D eigenvalue weighted by Crippen LogP contribution is 2.22. The number of benzene rings is 1. The van der Waals surface area contributed by atoms with Crippen molar-refractivity contribution in [2.75, 3.05) is 6.54 Å². The van der Waals surface area contributed by atoms with Gasteiger partial charge >= 0.3 is 0 Å². The molecule has 20 heavy (non-hydrogen) atoms. The van der Waals surface area contributed by atoms with Gasteiger partial charge in [0.2, 0.25) is 0 Å². The number of aromatic nitrogens is 3. The van der Waals surface area contributed by atoms with E-state index in [2.05, 4.69) is 15.2 Å². The smallest absolute Gasteiger partial charge is 0.261 e. The van der Waals surface area contributed by atoms with Crippen molar-refractivity contribution in [2.45, 2.75) is 13.0 Å². The third-order valence-corrected chi connectivity index (χ3v) is 3.17. The molecule has 2 aromatic rings. The number of nitrogens with one attached hydrogen (secondary N) is 1. The second-order valence-corrected chi connectivity index (χ2v) is 4.41. The van der Waals surface area contributed by atoms with Crippen LogP contribution in [-0.2, 0) is 13.0 Å². The van der Waals surface area contributed by atoms with E-state index < -0.39 is 0 Å². The molecule has 0 spiro atoms. The van der Waals surface area contributed by atoms with Crippen LogP contribution in [-0.4, -0.2) is 43.5 Å². The number of fused-ring (bicyclic) bond motifs is 1. The highest BCUT2D eigenvalue weighted by atomic mass is 16.3. The minimum absolute atomic E-state index is 0.217. The number of H-pyrrole nitrogens is 1. The molecule has 0 saturated heterocycles. The summed E-state index contributed by atoms with van der Waals surface area (Å²) in [6.45, 7) is -0.00488. The average molecular weight is 272 g/mol. The lowest BCUT2D eigenvalue weighted by Gasteiger charge is -2.11. The molecule has 7 nitrogen and oxygen atoms in total. The van der Waals surface area contributed by atoms with Gasteiger partial charge in [0.1, 0.15) is 12.4 Å². The first-order chi connectivity index (χ1) is 9.70. The van der Waals surface area contributed by atoms with E-state index in [-0.39, 0.29) is 25.0 Å². The summed E-state index contributed by atoms with van der Waals surface area (Å²) in [7, 11) is 0. The van der Waals surface area contributed by atoms with Gasteiger partial charge in [-0.15, -0.1) is 0 Å². The van der Waals surface area contributed by atoms with Gasteiger partial charge in [-0.25, -0.2) is 4.98 Å². The van der Waals surface area contributed by atoms with Crippen LogP contribution < -0.4 is 0 Å². The molecule has 7 heteroatoms. The Morgan fingerprint density at radius 3 is 2.35 bits per heavy atom. The van der Waals surface area contributed by atoms with Crippen molar-refractivity contribution in [3.63, 3.8) is 0 Å². The largest absolute Gasteiger partial charge is 0.388 e. The third kappa shape index (κ3) is 1.97. The normalized spacial score (nSPS) is 13.9. The number of carbonyl (C=O) groups is 2. The van der Waals surface area contributed by atoms with Crippen LogP contribution in [0.1, 0.15) is 32.4 Å². The molecule has 1 aliphatic heterocycles. The van der Waals surface area contributed by atoms with Gasteiger partial charge in [0, 0.05) is 13.0 Å². The van der Waals surface area contributed by atoms with Crippen LogP contribution in [0.25, 0.3) is 0 Å². The lowest BCUT2D eigenvalue weighted by Crippen LogP contribution is -2.31. The molecule has 3 rings (SSSR count). The third-order valence-electron chi connectivity index (χ3n) is 3.17. The van der Waals surface area contributed by atoms with Gasteiger partial charge in [-0.2, -0.15) is 5.10 Å². The maximum absolute atomic E-state index is 12.1. The Hall–Kier alpha value is -2.54. The second-order valence-electron chi connectivity index (χ2n) is 4.41. The molecule has 0 atom stereocenters. The molecule has 0 bridgehead atoms. The predicted octanol–water partition coefficient (Wildman–Crippen LogP) is 0.136. The minimum atomic E-state index is -0.288. The summed E-state index contributed by atoms with van der Waals surface area (Å²) < 4.78 is 0. The number of rotatable bonds is 4. The maximum Gasteiger partial charge on any atom is 0.261 e. The number of aromatic amines is 1. The molecule has 0 fully saturated rings. The molecular weight excluding hydrogens is 260 g/mol. The molecule has 0 unspecified atom stereocenters. The minimum Gasteiger partial charge on any atom is -0.388 e. The Kier molecular flexibility index (Phi) is 3.03. The molecule has 0 aliphatic carbocycles. The summed E-state index contributed by atoms with van der Waals surface area (Å²) in [6, 6.07) is 6.76. The highest BCUT2D eigenvalue weighted by Gasteiger charge is 2.34. The standard InChI is InChI=1S/C13H12N4O3/c18-7-11-14-10(15-16-11)5-6-17-12(19)8-3-1-2-4-9(8)13(17)20/h1-4,18H,5-7H2,(H,14,15,16). The van der Waals surface area contributed by atoms with Crippen LogP contribution in [0.15, 0.2) is 24.3 Å². The van der Waals surface area contributed by atoms with E-state index in [1.165, 1.54) is 4.90 Å². The van der Waals surface area contributed by atoms with Gasteiger partial charge in [-0.1, -0.05) is 12.1 Å².